The van der Waals surface area contributed by atoms with Crippen molar-refractivity contribution in [1.82, 2.24) is 0 Å². The van der Waals surface area contributed by atoms with E-state index in [0.29, 0.717) is 6.54 Å². The smallest absolute Gasteiger partial charge is 0.117 e. The van der Waals surface area contributed by atoms with E-state index < -0.39 is 0 Å². The minimum absolute atomic E-state index is 0.467. The van der Waals surface area contributed by atoms with Gasteiger partial charge in [-0.05, 0) is 29.7 Å². The zero-order chi connectivity index (χ0) is 11.4. The number of aryl methyl sites for hydroxylation is 1. The summed E-state index contributed by atoms with van der Waals surface area (Å²) in [6.07, 6.45) is 1.92. The highest BCUT2D eigenvalue weighted by Crippen LogP contribution is 2.14. The quantitative estimate of drug-likeness (QED) is 0.851. The fourth-order valence-corrected chi connectivity index (χ4v) is 1.72. The van der Waals surface area contributed by atoms with E-state index in [1.54, 1.807) is 0 Å². The molecule has 84 valence electrons. The molecule has 0 saturated carbocycles. The largest absolute Gasteiger partial charge is 0.464 e. The van der Waals surface area contributed by atoms with Gasteiger partial charge in [-0.15, -0.1) is 0 Å². The molecule has 2 nitrogen and oxygen atoms in total. The van der Waals surface area contributed by atoms with Crippen LogP contribution in [0.4, 0.5) is 0 Å². The van der Waals surface area contributed by atoms with Gasteiger partial charge in [0.25, 0.3) is 0 Å². The summed E-state index contributed by atoms with van der Waals surface area (Å²) in [5.74, 6) is 1.82. The van der Waals surface area contributed by atoms with Gasteiger partial charge in [0, 0.05) is 6.42 Å². The second-order valence-electron chi connectivity index (χ2n) is 3.92. The van der Waals surface area contributed by atoms with Crippen molar-refractivity contribution in [3.8, 4) is 0 Å². The van der Waals surface area contributed by atoms with Gasteiger partial charge in [-0.25, -0.2) is 0 Å². The average Bonchev–Trinajstić information content (AvgIpc) is 2.78. The van der Waals surface area contributed by atoms with Crippen LogP contribution in [0.3, 0.4) is 0 Å². The van der Waals surface area contributed by atoms with Gasteiger partial charge in [0.2, 0.25) is 0 Å². The Morgan fingerprint density at radius 3 is 2.12 bits per heavy atom. The standard InChI is InChI=1S/C14H17NO/c1-2-11-3-5-12(6-4-11)9-13-7-8-14(10-15)16-13/h3-8H,2,9-10,15H2,1H3. The fourth-order valence-electron chi connectivity index (χ4n) is 1.72. The molecule has 0 saturated heterocycles. The van der Waals surface area contributed by atoms with E-state index in [1.807, 2.05) is 12.1 Å². The van der Waals surface area contributed by atoms with Crippen LogP contribution in [0.2, 0.25) is 0 Å². The van der Waals surface area contributed by atoms with E-state index >= 15 is 0 Å². The molecule has 2 N–H and O–H groups in total. The van der Waals surface area contributed by atoms with Crippen LogP contribution in [0.25, 0.3) is 0 Å². The summed E-state index contributed by atoms with van der Waals surface area (Å²) < 4.78 is 5.57. The first-order chi connectivity index (χ1) is 7.81. The maximum absolute atomic E-state index is 5.57. The van der Waals surface area contributed by atoms with Crippen molar-refractivity contribution in [3.63, 3.8) is 0 Å². The highest BCUT2D eigenvalue weighted by atomic mass is 16.3. The Hall–Kier alpha value is -1.54. The topological polar surface area (TPSA) is 39.2 Å². The zero-order valence-corrected chi connectivity index (χ0v) is 9.57. The van der Waals surface area contributed by atoms with E-state index in [-0.39, 0.29) is 0 Å². The third-order valence-corrected chi connectivity index (χ3v) is 2.73. The van der Waals surface area contributed by atoms with Crippen molar-refractivity contribution >= 4 is 0 Å². The Balaban J connectivity index is 2.08. The second-order valence-corrected chi connectivity index (χ2v) is 3.92. The van der Waals surface area contributed by atoms with E-state index in [0.717, 1.165) is 24.4 Å². The Bertz CT molecular complexity index is 442. The van der Waals surface area contributed by atoms with Crippen LogP contribution >= 0.6 is 0 Å². The number of furan rings is 1. The maximum atomic E-state index is 5.57. The van der Waals surface area contributed by atoms with Gasteiger partial charge in [-0.2, -0.15) is 0 Å². The maximum Gasteiger partial charge on any atom is 0.117 e. The van der Waals surface area contributed by atoms with Crippen molar-refractivity contribution in [2.24, 2.45) is 5.73 Å². The Morgan fingerprint density at radius 2 is 1.56 bits per heavy atom. The lowest BCUT2D eigenvalue weighted by Crippen LogP contribution is -1.93. The third-order valence-electron chi connectivity index (χ3n) is 2.73. The first kappa shape index (κ1) is 11.0. The third kappa shape index (κ3) is 2.52. The van der Waals surface area contributed by atoms with Gasteiger partial charge >= 0.3 is 0 Å². The highest BCUT2D eigenvalue weighted by molar-refractivity contribution is 5.26. The van der Waals surface area contributed by atoms with Crippen LogP contribution in [0.1, 0.15) is 29.6 Å². The van der Waals surface area contributed by atoms with Crippen molar-refractivity contribution in [2.75, 3.05) is 0 Å². The molecule has 16 heavy (non-hydrogen) atoms. The fraction of sp³-hybridized carbons (Fsp3) is 0.286. The first-order valence-corrected chi connectivity index (χ1v) is 5.67. The molecule has 0 bridgehead atoms. The van der Waals surface area contributed by atoms with Crippen molar-refractivity contribution < 1.29 is 4.42 Å². The summed E-state index contributed by atoms with van der Waals surface area (Å²) in [6, 6.07) is 12.6. The molecule has 0 aliphatic carbocycles. The lowest BCUT2D eigenvalue weighted by atomic mass is 10.1. The number of rotatable bonds is 4. The van der Waals surface area contributed by atoms with Crippen LogP contribution in [0, 0.1) is 0 Å². The van der Waals surface area contributed by atoms with Crippen LogP contribution in [-0.2, 0) is 19.4 Å². The molecule has 0 fully saturated rings. The number of hydrogen-bond acceptors (Lipinski definition) is 2. The predicted octanol–water partition coefficient (Wildman–Crippen LogP) is 2.89. The molecule has 0 aliphatic heterocycles. The van der Waals surface area contributed by atoms with E-state index in [2.05, 4.69) is 31.2 Å². The van der Waals surface area contributed by atoms with E-state index in [1.165, 1.54) is 11.1 Å². The van der Waals surface area contributed by atoms with Gasteiger partial charge in [-0.1, -0.05) is 31.2 Å². The Labute approximate surface area is 96.1 Å². The van der Waals surface area contributed by atoms with Crippen LogP contribution < -0.4 is 5.73 Å². The second kappa shape index (κ2) is 4.99. The molecule has 0 spiro atoms. The molecular weight excluding hydrogens is 198 g/mol. The van der Waals surface area contributed by atoms with Gasteiger partial charge < -0.3 is 10.2 Å². The molecule has 1 heterocycles. The van der Waals surface area contributed by atoms with Gasteiger partial charge in [0.1, 0.15) is 11.5 Å². The van der Waals surface area contributed by atoms with Crippen molar-refractivity contribution in [2.45, 2.75) is 26.3 Å². The van der Waals surface area contributed by atoms with Crippen LogP contribution in [0.5, 0.6) is 0 Å². The number of hydrogen-bond donors (Lipinski definition) is 1. The van der Waals surface area contributed by atoms with Crippen LogP contribution in [-0.4, -0.2) is 0 Å². The summed E-state index contributed by atoms with van der Waals surface area (Å²) in [7, 11) is 0. The summed E-state index contributed by atoms with van der Waals surface area (Å²) in [5.41, 5.74) is 8.14. The Kier molecular flexibility index (Phi) is 3.42. The molecule has 1 aromatic heterocycles. The molecule has 2 heteroatoms. The monoisotopic (exact) mass is 215 g/mol. The minimum atomic E-state index is 0.467. The summed E-state index contributed by atoms with van der Waals surface area (Å²) >= 11 is 0. The number of nitrogens with two attached hydrogens (primary N) is 1. The highest BCUT2D eigenvalue weighted by Gasteiger charge is 2.02. The molecule has 0 atom stereocenters. The lowest BCUT2D eigenvalue weighted by Gasteiger charge is -2.00. The van der Waals surface area contributed by atoms with Crippen LogP contribution in [0.15, 0.2) is 40.8 Å². The molecule has 0 aliphatic rings. The normalized spacial score (nSPS) is 10.6. The molecule has 0 radical (unpaired) electrons. The number of benzene rings is 1. The van der Waals surface area contributed by atoms with Gasteiger partial charge in [0.05, 0.1) is 6.54 Å². The summed E-state index contributed by atoms with van der Waals surface area (Å²) in [6.45, 7) is 2.63. The summed E-state index contributed by atoms with van der Waals surface area (Å²) in [4.78, 5) is 0. The molecule has 1 aromatic carbocycles. The van der Waals surface area contributed by atoms with Gasteiger partial charge in [-0.3, -0.25) is 0 Å². The molecular formula is C14H17NO. The van der Waals surface area contributed by atoms with Crippen molar-refractivity contribution in [3.05, 3.63) is 59.0 Å². The van der Waals surface area contributed by atoms with Gasteiger partial charge in [0.15, 0.2) is 0 Å². The molecule has 2 aromatic rings. The summed E-state index contributed by atoms with van der Waals surface area (Å²) in [5, 5.41) is 0. The zero-order valence-electron chi connectivity index (χ0n) is 9.57. The SMILES string of the molecule is CCc1ccc(Cc2ccc(CN)o2)cc1. The van der Waals surface area contributed by atoms with E-state index in [9.17, 15) is 0 Å². The average molecular weight is 215 g/mol. The van der Waals surface area contributed by atoms with E-state index in [4.69, 9.17) is 10.2 Å². The Morgan fingerprint density at radius 1 is 0.938 bits per heavy atom. The predicted molar refractivity (Wildman–Crippen MR) is 65.2 cm³/mol. The minimum Gasteiger partial charge on any atom is -0.464 e. The lowest BCUT2D eigenvalue weighted by molar-refractivity contribution is 0.475. The molecule has 0 amide bonds. The first-order valence-electron chi connectivity index (χ1n) is 5.67. The molecule has 0 unspecified atom stereocenters. The molecule has 2 rings (SSSR count). The van der Waals surface area contributed by atoms with Crippen molar-refractivity contribution in [1.29, 1.82) is 0 Å².